The normalized spacial score (nSPS) is 14.7. The van der Waals surface area contributed by atoms with E-state index in [1.54, 1.807) is 0 Å². The Morgan fingerprint density at radius 3 is 2.65 bits per heavy atom. The van der Waals surface area contributed by atoms with Gasteiger partial charge in [-0.1, -0.05) is 41.7 Å². The van der Waals surface area contributed by atoms with Crippen LogP contribution in [-0.4, -0.2) is 21.0 Å². The Morgan fingerprint density at radius 1 is 1.35 bits per heavy atom. The van der Waals surface area contributed by atoms with Gasteiger partial charge in [0, 0.05) is 11.3 Å². The third kappa shape index (κ3) is 5.61. The van der Waals surface area contributed by atoms with Gasteiger partial charge in [-0.05, 0) is 49.9 Å². The van der Waals surface area contributed by atoms with Gasteiger partial charge in [0.2, 0.25) is 9.70 Å². The van der Waals surface area contributed by atoms with E-state index in [2.05, 4.69) is 22.0 Å². The number of thiophene rings is 1. The van der Waals surface area contributed by atoms with Crippen molar-refractivity contribution >= 4 is 74.4 Å². The van der Waals surface area contributed by atoms with Crippen molar-refractivity contribution in [2.45, 2.75) is 55.4 Å². The maximum atomic E-state index is 11.8. The largest absolute Gasteiger partial charge is 0.339 e. The lowest BCUT2D eigenvalue weighted by Crippen LogP contribution is -2.56. The zero-order valence-corrected chi connectivity index (χ0v) is 18.0. The molecule has 0 fully saturated rings. The Kier molecular flexibility index (Phi) is 7.80. The number of hydrogen-bond donors (Lipinski definition) is 3. The number of anilines is 1. The summed E-state index contributed by atoms with van der Waals surface area (Å²) in [5.41, 5.74) is 1.72. The molecule has 0 radical (unpaired) electrons. The number of halogens is 3. The molecule has 2 rings (SSSR count). The molecule has 0 saturated carbocycles. The van der Waals surface area contributed by atoms with Crippen LogP contribution in [0.1, 0.15) is 48.6 Å². The molecular formula is C16H19Cl3N4OS2. The number of alkyl halides is 3. The van der Waals surface area contributed by atoms with Crippen LogP contribution >= 0.6 is 58.4 Å². The van der Waals surface area contributed by atoms with Gasteiger partial charge in [-0.25, -0.2) is 0 Å². The lowest BCUT2D eigenvalue weighted by Gasteiger charge is -2.27. The van der Waals surface area contributed by atoms with Crippen LogP contribution in [0, 0.1) is 11.3 Å². The predicted octanol–water partition coefficient (Wildman–Crippen LogP) is 4.40. The van der Waals surface area contributed by atoms with E-state index < -0.39 is 9.96 Å². The zero-order valence-electron chi connectivity index (χ0n) is 14.1. The molecule has 0 saturated heterocycles. The molecule has 3 N–H and O–H groups in total. The summed E-state index contributed by atoms with van der Waals surface area (Å²) in [6.07, 6.45) is 4.08. The number of rotatable bonds is 5. The van der Waals surface area contributed by atoms with Crippen LogP contribution in [0.15, 0.2) is 0 Å². The van der Waals surface area contributed by atoms with Crippen molar-refractivity contribution < 1.29 is 4.79 Å². The molecule has 1 amide bonds. The zero-order chi connectivity index (χ0) is 19.3. The molecule has 0 unspecified atom stereocenters. The lowest BCUT2D eigenvalue weighted by molar-refractivity contribution is -0.121. The van der Waals surface area contributed by atoms with Gasteiger partial charge in [0.15, 0.2) is 5.11 Å². The van der Waals surface area contributed by atoms with Crippen molar-refractivity contribution in [2.24, 2.45) is 0 Å². The van der Waals surface area contributed by atoms with Crippen molar-refractivity contribution in [3.8, 4) is 6.07 Å². The third-order valence-electron chi connectivity index (χ3n) is 3.90. The van der Waals surface area contributed by atoms with Crippen LogP contribution in [0.4, 0.5) is 5.00 Å². The molecule has 0 aromatic carbocycles. The van der Waals surface area contributed by atoms with Gasteiger partial charge in [-0.3, -0.25) is 4.79 Å². The second-order valence-corrected chi connectivity index (χ2v) is 9.80. The smallest absolute Gasteiger partial charge is 0.228 e. The van der Waals surface area contributed by atoms with E-state index >= 15 is 0 Å². The van der Waals surface area contributed by atoms with Gasteiger partial charge in [-0.15, -0.1) is 11.3 Å². The average Bonchev–Trinajstić information content (AvgIpc) is 2.90. The van der Waals surface area contributed by atoms with Crippen LogP contribution < -0.4 is 16.0 Å². The molecule has 1 heterocycles. The molecule has 1 aromatic heterocycles. The molecule has 0 bridgehead atoms. The molecule has 0 spiro atoms. The quantitative estimate of drug-likeness (QED) is 0.350. The number of aryl methyl sites for hydroxylation is 1. The first kappa shape index (κ1) is 21.5. The minimum atomic E-state index is -1.79. The highest BCUT2D eigenvalue weighted by atomic mass is 35.6. The van der Waals surface area contributed by atoms with Gasteiger partial charge in [0.1, 0.15) is 17.2 Å². The van der Waals surface area contributed by atoms with Gasteiger partial charge in [0.05, 0.1) is 5.56 Å². The number of nitrogens with zero attached hydrogens (tertiary/aromatic N) is 1. The van der Waals surface area contributed by atoms with Crippen molar-refractivity contribution in [3.63, 3.8) is 0 Å². The Labute approximate surface area is 177 Å². The SMILES string of the molecule is CCCC(=O)N[C@H](NC(=S)Nc1sc2c(c1C#N)CCCC2)C(Cl)(Cl)Cl. The van der Waals surface area contributed by atoms with Crippen LogP contribution in [0.2, 0.25) is 0 Å². The number of hydrogen-bond acceptors (Lipinski definition) is 4. The Morgan fingerprint density at radius 2 is 2.04 bits per heavy atom. The molecule has 10 heteroatoms. The van der Waals surface area contributed by atoms with Crippen molar-refractivity contribution in [3.05, 3.63) is 16.0 Å². The molecule has 1 aliphatic carbocycles. The van der Waals surface area contributed by atoms with Gasteiger partial charge in [-0.2, -0.15) is 5.26 Å². The first-order valence-electron chi connectivity index (χ1n) is 8.24. The van der Waals surface area contributed by atoms with Gasteiger partial charge in [0.25, 0.3) is 0 Å². The van der Waals surface area contributed by atoms with E-state index in [9.17, 15) is 10.1 Å². The van der Waals surface area contributed by atoms with Crippen molar-refractivity contribution in [1.29, 1.82) is 5.26 Å². The number of carbonyl (C=O) groups excluding carboxylic acids is 1. The Hall–Kier alpha value is -0.780. The van der Waals surface area contributed by atoms with Crippen molar-refractivity contribution in [1.82, 2.24) is 10.6 Å². The monoisotopic (exact) mass is 452 g/mol. The summed E-state index contributed by atoms with van der Waals surface area (Å²) in [6.45, 7) is 1.88. The molecule has 142 valence electrons. The fraction of sp³-hybridized carbons (Fsp3) is 0.562. The number of thiocarbonyl (C=S) groups is 1. The summed E-state index contributed by atoms with van der Waals surface area (Å²) in [6, 6.07) is 2.25. The fourth-order valence-corrected chi connectivity index (χ4v) is 4.56. The number of carbonyl (C=O) groups is 1. The predicted molar refractivity (Wildman–Crippen MR) is 112 cm³/mol. The first-order chi connectivity index (χ1) is 12.3. The van der Waals surface area contributed by atoms with Gasteiger partial charge >= 0.3 is 0 Å². The molecule has 26 heavy (non-hydrogen) atoms. The average molecular weight is 454 g/mol. The summed E-state index contributed by atoms with van der Waals surface area (Å²) in [7, 11) is 0. The second-order valence-electron chi connectivity index (χ2n) is 5.92. The third-order valence-corrected chi connectivity index (χ3v) is 5.98. The molecule has 1 aromatic rings. The highest BCUT2D eigenvalue weighted by Crippen LogP contribution is 2.37. The van der Waals surface area contributed by atoms with E-state index in [-0.39, 0.29) is 11.0 Å². The van der Waals surface area contributed by atoms with Crippen LogP contribution in [0.5, 0.6) is 0 Å². The van der Waals surface area contributed by atoms with Crippen LogP contribution in [0.3, 0.4) is 0 Å². The molecule has 5 nitrogen and oxygen atoms in total. The first-order valence-corrected chi connectivity index (χ1v) is 10.6. The number of fused-ring (bicyclic) bond motifs is 1. The van der Waals surface area contributed by atoms with E-state index in [0.717, 1.165) is 31.2 Å². The summed E-state index contributed by atoms with van der Waals surface area (Å²) in [5, 5.41) is 18.8. The van der Waals surface area contributed by atoms with E-state index in [4.69, 9.17) is 47.0 Å². The highest BCUT2D eigenvalue weighted by molar-refractivity contribution is 7.80. The standard InChI is InChI=1S/C16H19Cl3N4OS2/c1-2-5-12(24)21-14(16(17,18)19)23-15(25)22-13-10(8-20)9-6-3-4-7-11(9)26-13/h14H,2-7H2,1H3,(H,21,24)(H2,22,23,25)/t14-/m1/s1. The van der Waals surface area contributed by atoms with Crippen LogP contribution in [0.25, 0.3) is 0 Å². The second kappa shape index (κ2) is 9.43. The minimum absolute atomic E-state index is 0.174. The summed E-state index contributed by atoms with van der Waals surface area (Å²) >= 11 is 24.7. The fourth-order valence-electron chi connectivity index (χ4n) is 2.70. The summed E-state index contributed by atoms with van der Waals surface area (Å²) < 4.78 is -1.79. The van der Waals surface area contributed by atoms with Crippen molar-refractivity contribution in [2.75, 3.05) is 5.32 Å². The Balaban J connectivity index is 2.10. The highest BCUT2D eigenvalue weighted by Gasteiger charge is 2.34. The van der Waals surface area contributed by atoms with E-state index in [0.29, 0.717) is 23.4 Å². The minimum Gasteiger partial charge on any atom is -0.339 e. The summed E-state index contributed by atoms with van der Waals surface area (Å²) in [4.78, 5) is 13.1. The Bertz CT molecular complexity index is 724. The molecular weight excluding hydrogens is 435 g/mol. The van der Waals surface area contributed by atoms with E-state index in [1.165, 1.54) is 16.2 Å². The number of nitriles is 1. The van der Waals surface area contributed by atoms with Crippen LogP contribution in [-0.2, 0) is 17.6 Å². The number of amides is 1. The van der Waals surface area contributed by atoms with E-state index in [1.807, 2.05) is 6.92 Å². The molecule has 0 aliphatic heterocycles. The maximum absolute atomic E-state index is 11.8. The topological polar surface area (TPSA) is 77.0 Å². The number of nitrogens with one attached hydrogen (secondary N) is 3. The van der Waals surface area contributed by atoms with Gasteiger partial charge < -0.3 is 16.0 Å². The lowest BCUT2D eigenvalue weighted by atomic mass is 9.96. The molecule has 1 atom stereocenters. The molecule has 1 aliphatic rings. The maximum Gasteiger partial charge on any atom is 0.228 e. The summed E-state index contributed by atoms with van der Waals surface area (Å²) in [5.74, 6) is -0.247.